The van der Waals surface area contributed by atoms with E-state index in [0.29, 0.717) is 5.16 Å². The number of phenolic OH excluding ortho intramolecular Hbond substituents is 1. The van der Waals surface area contributed by atoms with Gasteiger partial charge in [-0.15, -0.1) is 5.10 Å². The number of benzene rings is 1. The summed E-state index contributed by atoms with van der Waals surface area (Å²) < 4.78 is 6.81. The second-order valence-corrected chi connectivity index (χ2v) is 4.73. The zero-order valence-corrected chi connectivity index (χ0v) is 11.0. The van der Waals surface area contributed by atoms with Crippen molar-refractivity contribution >= 4 is 11.8 Å². The maximum absolute atomic E-state index is 9.25. The summed E-state index contributed by atoms with van der Waals surface area (Å²) in [5, 5.41) is 21.5. The standard InChI is InChI=1S/C11H14N4O2S/c1-8(17-2)7-18-11-12-13-14-15(11)9-3-5-10(16)6-4-9/h3-6,8,16H,7H2,1-2H3. The zero-order chi connectivity index (χ0) is 13.0. The Morgan fingerprint density at radius 2 is 2.11 bits per heavy atom. The predicted molar refractivity (Wildman–Crippen MR) is 68.0 cm³/mol. The van der Waals surface area contributed by atoms with Crippen LogP contribution >= 0.6 is 11.8 Å². The van der Waals surface area contributed by atoms with Crippen molar-refractivity contribution in [2.24, 2.45) is 0 Å². The Morgan fingerprint density at radius 1 is 1.39 bits per heavy atom. The smallest absolute Gasteiger partial charge is 0.214 e. The Hall–Kier alpha value is -1.60. The molecular formula is C11H14N4O2S. The van der Waals surface area contributed by atoms with Gasteiger partial charge in [-0.25, -0.2) is 0 Å². The number of aromatic hydroxyl groups is 1. The Balaban J connectivity index is 2.14. The van der Waals surface area contributed by atoms with E-state index in [2.05, 4.69) is 15.5 Å². The van der Waals surface area contributed by atoms with Crippen LogP contribution in [-0.4, -0.2) is 44.3 Å². The van der Waals surface area contributed by atoms with Crippen LogP contribution in [0.25, 0.3) is 5.69 Å². The summed E-state index contributed by atoms with van der Waals surface area (Å²) in [5.41, 5.74) is 0.811. The van der Waals surface area contributed by atoms with Crippen LogP contribution in [0.2, 0.25) is 0 Å². The maximum atomic E-state index is 9.25. The number of rotatable bonds is 5. The van der Waals surface area contributed by atoms with Gasteiger partial charge < -0.3 is 9.84 Å². The predicted octanol–water partition coefficient (Wildman–Crippen LogP) is 1.49. The van der Waals surface area contributed by atoms with Gasteiger partial charge in [-0.2, -0.15) is 4.68 Å². The van der Waals surface area contributed by atoms with Crippen molar-refractivity contribution < 1.29 is 9.84 Å². The molecule has 0 aliphatic rings. The number of tetrazole rings is 1. The van der Waals surface area contributed by atoms with Gasteiger partial charge in [0, 0.05) is 12.9 Å². The highest BCUT2D eigenvalue weighted by Gasteiger charge is 2.10. The average Bonchev–Trinajstić information content (AvgIpc) is 2.85. The molecular weight excluding hydrogens is 252 g/mol. The zero-order valence-electron chi connectivity index (χ0n) is 10.1. The van der Waals surface area contributed by atoms with Crippen molar-refractivity contribution in [1.29, 1.82) is 0 Å². The Bertz CT molecular complexity index is 500. The molecule has 1 heterocycles. The fourth-order valence-electron chi connectivity index (χ4n) is 1.28. The lowest BCUT2D eigenvalue weighted by atomic mass is 10.3. The molecule has 1 aromatic carbocycles. The summed E-state index contributed by atoms with van der Waals surface area (Å²) in [4.78, 5) is 0. The van der Waals surface area contributed by atoms with E-state index >= 15 is 0 Å². The van der Waals surface area contributed by atoms with E-state index < -0.39 is 0 Å². The van der Waals surface area contributed by atoms with Gasteiger partial charge in [0.05, 0.1) is 11.8 Å². The number of hydrogen-bond acceptors (Lipinski definition) is 6. The van der Waals surface area contributed by atoms with Crippen molar-refractivity contribution in [3.05, 3.63) is 24.3 Å². The third-order valence-corrected chi connectivity index (χ3v) is 3.53. The highest BCUT2D eigenvalue weighted by molar-refractivity contribution is 7.99. The highest BCUT2D eigenvalue weighted by atomic mass is 32.2. The maximum Gasteiger partial charge on any atom is 0.214 e. The molecule has 0 fully saturated rings. The van der Waals surface area contributed by atoms with Gasteiger partial charge in [-0.3, -0.25) is 0 Å². The van der Waals surface area contributed by atoms with Crippen LogP contribution in [0.1, 0.15) is 6.92 Å². The normalized spacial score (nSPS) is 12.6. The third-order valence-electron chi connectivity index (χ3n) is 2.38. The molecule has 0 radical (unpaired) electrons. The van der Waals surface area contributed by atoms with E-state index in [-0.39, 0.29) is 11.9 Å². The molecule has 0 spiro atoms. The van der Waals surface area contributed by atoms with Crippen molar-refractivity contribution in [3.63, 3.8) is 0 Å². The van der Waals surface area contributed by atoms with Crippen molar-refractivity contribution in [3.8, 4) is 11.4 Å². The molecule has 0 bridgehead atoms. The topological polar surface area (TPSA) is 73.1 Å². The first-order chi connectivity index (χ1) is 8.70. The molecule has 0 saturated heterocycles. The molecule has 7 heteroatoms. The number of hydrogen-bond donors (Lipinski definition) is 1. The first kappa shape index (κ1) is 12.8. The van der Waals surface area contributed by atoms with Crippen molar-refractivity contribution in [2.45, 2.75) is 18.2 Å². The van der Waals surface area contributed by atoms with Gasteiger partial charge >= 0.3 is 0 Å². The van der Waals surface area contributed by atoms with Crippen LogP contribution in [0.15, 0.2) is 29.4 Å². The molecule has 1 unspecified atom stereocenters. The number of thioether (sulfide) groups is 1. The van der Waals surface area contributed by atoms with Gasteiger partial charge in [0.2, 0.25) is 5.16 Å². The van der Waals surface area contributed by atoms with E-state index in [1.807, 2.05) is 6.92 Å². The molecule has 0 aliphatic carbocycles. The molecule has 2 aromatic rings. The van der Waals surface area contributed by atoms with Crippen LogP contribution in [-0.2, 0) is 4.74 Å². The van der Waals surface area contributed by atoms with E-state index in [1.165, 1.54) is 11.8 Å². The molecule has 1 N–H and O–H groups in total. The summed E-state index contributed by atoms with van der Waals surface area (Å²) in [6, 6.07) is 6.72. The summed E-state index contributed by atoms with van der Waals surface area (Å²) in [6.07, 6.45) is 0.139. The van der Waals surface area contributed by atoms with Crippen molar-refractivity contribution in [1.82, 2.24) is 20.2 Å². The second kappa shape index (κ2) is 5.83. The van der Waals surface area contributed by atoms with Crippen LogP contribution < -0.4 is 0 Å². The van der Waals surface area contributed by atoms with Crippen LogP contribution in [0.3, 0.4) is 0 Å². The van der Waals surface area contributed by atoms with Gasteiger partial charge in [-0.05, 0) is 41.6 Å². The molecule has 96 valence electrons. The fourth-order valence-corrected chi connectivity index (χ4v) is 2.16. The Labute approximate surface area is 109 Å². The van der Waals surface area contributed by atoms with Crippen LogP contribution in [0, 0.1) is 0 Å². The van der Waals surface area contributed by atoms with Gasteiger partial charge in [0.15, 0.2) is 0 Å². The third kappa shape index (κ3) is 2.99. The lowest BCUT2D eigenvalue weighted by molar-refractivity contribution is 0.137. The SMILES string of the molecule is COC(C)CSc1nnnn1-c1ccc(O)cc1. The lowest BCUT2D eigenvalue weighted by Gasteiger charge is -2.08. The number of methoxy groups -OCH3 is 1. The van der Waals surface area contributed by atoms with E-state index in [1.54, 1.807) is 36.1 Å². The first-order valence-corrected chi connectivity index (χ1v) is 6.42. The molecule has 6 nitrogen and oxygen atoms in total. The minimum absolute atomic E-state index is 0.139. The van der Waals surface area contributed by atoms with Crippen LogP contribution in [0.5, 0.6) is 5.75 Å². The van der Waals surface area contributed by atoms with Gasteiger partial charge in [0.1, 0.15) is 5.75 Å². The Kier molecular flexibility index (Phi) is 4.16. The highest BCUT2D eigenvalue weighted by Crippen LogP contribution is 2.20. The number of nitrogens with zero attached hydrogens (tertiary/aromatic N) is 4. The van der Waals surface area contributed by atoms with Gasteiger partial charge in [-0.1, -0.05) is 11.8 Å². The largest absolute Gasteiger partial charge is 0.508 e. The molecule has 0 amide bonds. The summed E-state index contributed by atoms with van der Waals surface area (Å²) in [6.45, 7) is 1.99. The minimum Gasteiger partial charge on any atom is -0.508 e. The molecule has 1 aromatic heterocycles. The minimum atomic E-state index is 0.139. The molecule has 0 saturated carbocycles. The van der Waals surface area contributed by atoms with Crippen LogP contribution in [0.4, 0.5) is 0 Å². The number of phenols is 1. The number of aromatic nitrogens is 4. The van der Waals surface area contributed by atoms with E-state index in [0.717, 1.165) is 11.4 Å². The first-order valence-electron chi connectivity index (χ1n) is 5.44. The monoisotopic (exact) mass is 266 g/mol. The lowest BCUT2D eigenvalue weighted by Crippen LogP contribution is -2.09. The molecule has 1 atom stereocenters. The Morgan fingerprint density at radius 3 is 2.78 bits per heavy atom. The molecule has 2 rings (SSSR count). The molecule has 18 heavy (non-hydrogen) atoms. The second-order valence-electron chi connectivity index (χ2n) is 3.75. The molecule has 0 aliphatic heterocycles. The quantitative estimate of drug-likeness (QED) is 0.827. The average molecular weight is 266 g/mol. The van der Waals surface area contributed by atoms with Gasteiger partial charge in [0.25, 0.3) is 0 Å². The summed E-state index contributed by atoms with van der Waals surface area (Å²) in [7, 11) is 1.67. The summed E-state index contributed by atoms with van der Waals surface area (Å²) in [5.74, 6) is 0.989. The van der Waals surface area contributed by atoms with E-state index in [4.69, 9.17) is 4.74 Å². The van der Waals surface area contributed by atoms with E-state index in [9.17, 15) is 5.11 Å². The number of ether oxygens (including phenoxy) is 1. The summed E-state index contributed by atoms with van der Waals surface area (Å²) >= 11 is 1.52. The fraction of sp³-hybridized carbons (Fsp3) is 0.364. The van der Waals surface area contributed by atoms with Crippen molar-refractivity contribution in [2.75, 3.05) is 12.9 Å².